The van der Waals surface area contributed by atoms with Crippen molar-refractivity contribution in [2.75, 3.05) is 11.9 Å². The number of hydrogen-bond acceptors (Lipinski definition) is 2. The van der Waals surface area contributed by atoms with Gasteiger partial charge in [-0.25, -0.2) is 4.79 Å². The van der Waals surface area contributed by atoms with Crippen LogP contribution in [0.3, 0.4) is 0 Å². The molecule has 2 N–H and O–H groups in total. The van der Waals surface area contributed by atoms with Gasteiger partial charge in [0.1, 0.15) is 0 Å². The summed E-state index contributed by atoms with van der Waals surface area (Å²) in [7, 11) is 1.96. The molecule has 0 amide bonds. The average molecular weight is 266 g/mol. The molecule has 2 aromatic carbocycles. The minimum Gasteiger partial charge on any atom is -0.478 e. The fraction of sp³-hybridized carbons (Fsp3) is 0.0625. The van der Waals surface area contributed by atoms with Gasteiger partial charge in [-0.15, -0.1) is 0 Å². The highest BCUT2D eigenvalue weighted by Gasteiger charge is 2.10. The van der Waals surface area contributed by atoms with Crippen molar-refractivity contribution >= 4 is 28.2 Å². The van der Waals surface area contributed by atoms with Gasteiger partial charge in [0.05, 0.1) is 11.3 Å². The normalized spacial score (nSPS) is 10.7. The number of aromatic amines is 1. The lowest BCUT2D eigenvalue weighted by atomic mass is 10.2. The second kappa shape index (κ2) is 4.74. The number of nitrogens with zero attached hydrogens (tertiary/aromatic N) is 1. The van der Waals surface area contributed by atoms with E-state index in [0.29, 0.717) is 5.56 Å². The molecule has 3 rings (SSSR count). The van der Waals surface area contributed by atoms with Crippen molar-refractivity contribution < 1.29 is 9.90 Å². The summed E-state index contributed by atoms with van der Waals surface area (Å²) in [5.41, 5.74) is 3.38. The topological polar surface area (TPSA) is 56.3 Å². The zero-order valence-corrected chi connectivity index (χ0v) is 11.0. The monoisotopic (exact) mass is 266 g/mol. The van der Waals surface area contributed by atoms with Crippen LogP contribution in [0.15, 0.2) is 54.7 Å². The Kier molecular flexibility index (Phi) is 2.91. The molecular formula is C16H14N2O2. The predicted octanol–water partition coefficient (Wildman–Crippen LogP) is 3.63. The first-order chi connectivity index (χ1) is 9.66. The van der Waals surface area contributed by atoms with Gasteiger partial charge in [-0.2, -0.15) is 0 Å². The maximum atomic E-state index is 10.9. The zero-order chi connectivity index (χ0) is 14.1. The van der Waals surface area contributed by atoms with E-state index in [9.17, 15) is 4.79 Å². The van der Waals surface area contributed by atoms with E-state index in [1.165, 1.54) is 0 Å². The van der Waals surface area contributed by atoms with Gasteiger partial charge in [0, 0.05) is 29.8 Å². The van der Waals surface area contributed by atoms with Crippen LogP contribution in [0.1, 0.15) is 10.4 Å². The first kappa shape index (κ1) is 12.3. The van der Waals surface area contributed by atoms with Crippen LogP contribution in [-0.4, -0.2) is 23.1 Å². The Morgan fingerprint density at radius 2 is 1.80 bits per heavy atom. The number of aromatic nitrogens is 1. The summed E-state index contributed by atoms with van der Waals surface area (Å²) in [6.45, 7) is 0. The highest BCUT2D eigenvalue weighted by molar-refractivity contribution is 5.95. The van der Waals surface area contributed by atoms with Gasteiger partial charge >= 0.3 is 5.97 Å². The Labute approximate surface area is 116 Å². The lowest BCUT2D eigenvalue weighted by Gasteiger charge is -2.18. The summed E-state index contributed by atoms with van der Waals surface area (Å²) >= 11 is 0. The lowest BCUT2D eigenvalue weighted by molar-refractivity contribution is 0.0697. The van der Waals surface area contributed by atoms with E-state index >= 15 is 0 Å². The molecule has 100 valence electrons. The van der Waals surface area contributed by atoms with Crippen LogP contribution in [0.5, 0.6) is 0 Å². The minimum absolute atomic E-state index is 0.293. The van der Waals surface area contributed by atoms with E-state index in [0.717, 1.165) is 22.3 Å². The lowest BCUT2D eigenvalue weighted by Crippen LogP contribution is -2.09. The number of H-pyrrole nitrogens is 1. The fourth-order valence-corrected chi connectivity index (χ4v) is 2.30. The second-order valence-electron chi connectivity index (χ2n) is 4.63. The molecule has 0 saturated heterocycles. The third-order valence-corrected chi connectivity index (χ3v) is 3.43. The number of carboxylic acid groups (broad SMARTS) is 1. The molecule has 0 bridgehead atoms. The Hall–Kier alpha value is -2.75. The summed E-state index contributed by atoms with van der Waals surface area (Å²) in [4.78, 5) is 16.1. The molecule has 0 unspecified atom stereocenters. The van der Waals surface area contributed by atoms with Gasteiger partial charge in [0.25, 0.3) is 0 Å². The molecule has 0 fully saturated rings. The number of hydrogen-bond donors (Lipinski definition) is 2. The first-order valence-corrected chi connectivity index (χ1v) is 6.30. The molecule has 20 heavy (non-hydrogen) atoms. The second-order valence-corrected chi connectivity index (χ2v) is 4.63. The third kappa shape index (κ3) is 2.01. The Morgan fingerprint density at radius 3 is 2.50 bits per heavy atom. The van der Waals surface area contributed by atoms with Crippen LogP contribution in [-0.2, 0) is 0 Å². The van der Waals surface area contributed by atoms with Gasteiger partial charge in [0.2, 0.25) is 0 Å². The van der Waals surface area contributed by atoms with Gasteiger partial charge in [-0.3, -0.25) is 0 Å². The van der Waals surface area contributed by atoms with Crippen LogP contribution in [0.4, 0.5) is 11.4 Å². The number of fused-ring (bicyclic) bond motifs is 1. The van der Waals surface area contributed by atoms with Crippen LogP contribution < -0.4 is 4.90 Å². The summed E-state index contributed by atoms with van der Waals surface area (Å²) in [6.07, 6.45) is 1.95. The van der Waals surface area contributed by atoms with E-state index in [1.807, 2.05) is 48.5 Å². The van der Waals surface area contributed by atoms with Crippen molar-refractivity contribution in [1.82, 2.24) is 4.98 Å². The van der Waals surface area contributed by atoms with E-state index < -0.39 is 5.97 Å². The predicted molar refractivity (Wildman–Crippen MR) is 79.8 cm³/mol. The van der Waals surface area contributed by atoms with E-state index in [-0.39, 0.29) is 0 Å². The SMILES string of the molecule is CN(c1ccc(C(=O)O)cc1)c1c[nH]c2ccccc12. The van der Waals surface area contributed by atoms with Crippen LogP contribution in [0.2, 0.25) is 0 Å². The molecule has 1 aromatic heterocycles. The average Bonchev–Trinajstić information content (AvgIpc) is 2.90. The molecule has 0 atom stereocenters. The van der Waals surface area contributed by atoms with Gasteiger partial charge in [-0.05, 0) is 30.3 Å². The molecule has 0 aliphatic rings. The minimum atomic E-state index is -0.911. The van der Waals surface area contributed by atoms with Gasteiger partial charge in [0.15, 0.2) is 0 Å². The van der Waals surface area contributed by atoms with Crippen molar-refractivity contribution in [2.24, 2.45) is 0 Å². The molecule has 3 aromatic rings. The van der Waals surface area contributed by atoms with E-state index in [4.69, 9.17) is 5.11 Å². The smallest absolute Gasteiger partial charge is 0.335 e. The molecular weight excluding hydrogens is 252 g/mol. The largest absolute Gasteiger partial charge is 0.478 e. The van der Waals surface area contributed by atoms with Crippen molar-refractivity contribution in [2.45, 2.75) is 0 Å². The quantitative estimate of drug-likeness (QED) is 0.761. The highest BCUT2D eigenvalue weighted by Crippen LogP contribution is 2.30. The van der Waals surface area contributed by atoms with Gasteiger partial charge in [-0.1, -0.05) is 18.2 Å². The Bertz CT molecular complexity index is 760. The van der Waals surface area contributed by atoms with E-state index in [2.05, 4.69) is 11.1 Å². The van der Waals surface area contributed by atoms with Crippen LogP contribution >= 0.6 is 0 Å². The van der Waals surface area contributed by atoms with Crippen molar-refractivity contribution in [3.8, 4) is 0 Å². The number of rotatable bonds is 3. The summed E-state index contributed by atoms with van der Waals surface area (Å²) < 4.78 is 0. The number of anilines is 2. The molecule has 0 aliphatic carbocycles. The molecule has 4 heteroatoms. The number of carboxylic acids is 1. The number of aromatic carboxylic acids is 1. The number of nitrogens with one attached hydrogen (secondary N) is 1. The molecule has 0 aliphatic heterocycles. The van der Waals surface area contributed by atoms with Crippen LogP contribution in [0, 0.1) is 0 Å². The number of para-hydroxylation sites is 1. The van der Waals surface area contributed by atoms with Gasteiger partial charge < -0.3 is 15.0 Å². The number of benzene rings is 2. The summed E-state index contributed by atoms with van der Waals surface area (Å²) in [5.74, 6) is -0.911. The third-order valence-electron chi connectivity index (χ3n) is 3.43. The zero-order valence-electron chi connectivity index (χ0n) is 11.0. The van der Waals surface area contributed by atoms with Crippen LogP contribution in [0.25, 0.3) is 10.9 Å². The molecule has 0 radical (unpaired) electrons. The standard InChI is InChI=1S/C16H14N2O2/c1-18(12-8-6-11(7-9-12)16(19)20)15-10-17-14-5-3-2-4-13(14)15/h2-10,17H,1H3,(H,19,20). The van der Waals surface area contributed by atoms with Crippen molar-refractivity contribution in [3.05, 3.63) is 60.3 Å². The molecule has 0 spiro atoms. The number of carbonyl (C=O) groups is 1. The Morgan fingerprint density at radius 1 is 1.10 bits per heavy atom. The Balaban J connectivity index is 1.99. The van der Waals surface area contributed by atoms with Crippen molar-refractivity contribution in [1.29, 1.82) is 0 Å². The maximum Gasteiger partial charge on any atom is 0.335 e. The first-order valence-electron chi connectivity index (χ1n) is 6.30. The molecule has 4 nitrogen and oxygen atoms in total. The van der Waals surface area contributed by atoms with E-state index in [1.54, 1.807) is 12.1 Å². The summed E-state index contributed by atoms with van der Waals surface area (Å²) in [6, 6.07) is 14.9. The fourth-order valence-electron chi connectivity index (χ4n) is 2.30. The molecule has 1 heterocycles. The summed E-state index contributed by atoms with van der Waals surface area (Å²) in [5, 5.41) is 10.1. The van der Waals surface area contributed by atoms with Crippen molar-refractivity contribution in [3.63, 3.8) is 0 Å². The highest BCUT2D eigenvalue weighted by atomic mass is 16.4. The molecule has 0 saturated carbocycles. The maximum absolute atomic E-state index is 10.9.